The summed E-state index contributed by atoms with van der Waals surface area (Å²) < 4.78 is 37.0. The minimum Gasteiger partial charge on any atom is -0.465 e. The molecule has 1 aromatic carbocycles. The van der Waals surface area contributed by atoms with Crippen LogP contribution in [0.1, 0.15) is 5.69 Å². The topological polar surface area (TPSA) is 167 Å². The molecule has 5 unspecified atom stereocenters. The highest BCUT2D eigenvalue weighted by atomic mass is 32.1. The first-order valence-corrected chi connectivity index (χ1v) is 11.5. The Morgan fingerprint density at radius 1 is 1.00 bits per heavy atom. The van der Waals surface area contributed by atoms with Crippen LogP contribution in [0.2, 0.25) is 0 Å². The molecule has 0 radical (unpaired) electrons. The van der Waals surface area contributed by atoms with Crippen molar-refractivity contribution in [3.8, 4) is 16.3 Å². The highest BCUT2D eigenvalue weighted by Gasteiger charge is 2.52. The second kappa shape index (κ2) is 11.6. The van der Waals surface area contributed by atoms with Gasteiger partial charge in [0, 0.05) is 17.1 Å². The summed E-state index contributed by atoms with van der Waals surface area (Å²) in [6.45, 7) is 1.78. The average molecular weight is 533 g/mol. The first-order chi connectivity index (χ1) is 18.0. The van der Waals surface area contributed by atoms with Gasteiger partial charge in [-0.15, -0.1) is 11.3 Å². The van der Waals surface area contributed by atoms with Gasteiger partial charge in [-0.2, -0.15) is 0 Å². The molecule has 5 atom stereocenters. The number of hydrogen-bond acceptors (Lipinski definition) is 14. The Morgan fingerprint density at radius 2 is 1.73 bits per heavy atom. The zero-order valence-corrected chi connectivity index (χ0v) is 19.9. The van der Waals surface area contributed by atoms with Gasteiger partial charge < -0.3 is 32.8 Å². The third-order valence-electron chi connectivity index (χ3n) is 5.41. The molecule has 4 rings (SSSR count). The van der Waals surface area contributed by atoms with Crippen molar-refractivity contribution < 1.29 is 52.0 Å². The van der Waals surface area contributed by atoms with Crippen LogP contribution in [0.15, 0.2) is 39.1 Å². The summed E-state index contributed by atoms with van der Waals surface area (Å²) >= 11 is 1.31. The highest BCUT2D eigenvalue weighted by molar-refractivity contribution is 7.13. The molecule has 3 heterocycles. The Bertz CT molecular complexity index is 1340. The van der Waals surface area contributed by atoms with Crippen LogP contribution in [0, 0.1) is 6.92 Å². The molecule has 1 fully saturated rings. The van der Waals surface area contributed by atoms with Gasteiger partial charge in [-0.3, -0.25) is 24.0 Å². The van der Waals surface area contributed by atoms with E-state index in [2.05, 4.69) is 4.98 Å². The van der Waals surface area contributed by atoms with Crippen LogP contribution in [0.5, 0.6) is 5.75 Å². The van der Waals surface area contributed by atoms with Gasteiger partial charge in [0.2, 0.25) is 17.8 Å². The van der Waals surface area contributed by atoms with Crippen molar-refractivity contribution in [1.82, 2.24) is 4.98 Å². The molecule has 14 heteroatoms. The molecule has 3 aromatic rings. The second-order valence-electron chi connectivity index (χ2n) is 7.61. The number of aromatic nitrogens is 1. The molecule has 0 aliphatic carbocycles. The fourth-order valence-electron chi connectivity index (χ4n) is 3.84. The number of carbonyl (C=O) groups excluding carboxylic acids is 4. The van der Waals surface area contributed by atoms with Crippen molar-refractivity contribution in [2.24, 2.45) is 0 Å². The Hall–Kier alpha value is -4.30. The standard InChI is InChI=1S/C23H19NO12S/c1-12-7-37-22(24-12)15-5-31-16-4-13(2-3-14(16)18(15)29)35-23-21(34-11-28)20(33-10-27)19(32-9-26)17(36-23)6-30-8-25/h2-5,7-11,17,19-21,23H,6H2,1H3. The van der Waals surface area contributed by atoms with Gasteiger partial charge in [-0.25, -0.2) is 4.98 Å². The van der Waals surface area contributed by atoms with Crippen molar-refractivity contribution in [2.75, 3.05) is 6.61 Å². The number of carbonyl (C=O) groups is 4. The van der Waals surface area contributed by atoms with E-state index in [1.54, 1.807) is 0 Å². The lowest BCUT2D eigenvalue weighted by Crippen LogP contribution is -2.62. The van der Waals surface area contributed by atoms with Crippen LogP contribution >= 0.6 is 11.3 Å². The molecule has 1 aliphatic rings. The normalized spacial score (nSPS) is 23.0. The van der Waals surface area contributed by atoms with E-state index in [0.717, 1.165) is 5.69 Å². The minimum absolute atomic E-state index is 0.0687. The number of fused-ring (bicyclic) bond motifs is 1. The SMILES string of the molecule is Cc1csc(-c2coc3cc(OC4OC(COC=O)C(OC=O)C(OC=O)C4OC=O)ccc3c2=O)n1. The van der Waals surface area contributed by atoms with Crippen LogP contribution in [-0.2, 0) is 42.9 Å². The third-order valence-corrected chi connectivity index (χ3v) is 6.40. The lowest BCUT2D eigenvalue weighted by Gasteiger charge is -2.42. The van der Waals surface area contributed by atoms with E-state index in [9.17, 15) is 24.0 Å². The lowest BCUT2D eigenvalue weighted by atomic mass is 9.98. The maximum absolute atomic E-state index is 13.0. The number of benzene rings is 1. The molecule has 194 valence electrons. The van der Waals surface area contributed by atoms with Gasteiger partial charge in [0.1, 0.15) is 35.3 Å². The Morgan fingerprint density at radius 3 is 2.41 bits per heavy atom. The Kier molecular flexibility index (Phi) is 8.10. The number of nitrogens with zero attached hydrogens (tertiary/aromatic N) is 1. The zero-order valence-electron chi connectivity index (χ0n) is 19.0. The van der Waals surface area contributed by atoms with Crippen molar-refractivity contribution in [3.63, 3.8) is 0 Å². The molecule has 13 nitrogen and oxygen atoms in total. The second-order valence-corrected chi connectivity index (χ2v) is 8.47. The summed E-state index contributed by atoms with van der Waals surface area (Å²) in [4.78, 5) is 61.4. The minimum atomic E-state index is -1.41. The molecule has 0 amide bonds. The van der Waals surface area contributed by atoms with Gasteiger partial charge in [-0.05, 0) is 19.1 Å². The first kappa shape index (κ1) is 25.8. The molecular weight excluding hydrogens is 514 g/mol. The van der Waals surface area contributed by atoms with Gasteiger partial charge in [-0.1, -0.05) is 0 Å². The molecule has 0 N–H and O–H groups in total. The summed E-state index contributed by atoms with van der Waals surface area (Å²) in [5.41, 5.74) is 0.976. The summed E-state index contributed by atoms with van der Waals surface area (Å²) in [7, 11) is 0. The molecule has 0 bridgehead atoms. The fraction of sp³-hybridized carbons (Fsp3) is 0.304. The van der Waals surface area contributed by atoms with E-state index in [-0.39, 0.29) is 48.0 Å². The largest absolute Gasteiger partial charge is 0.465 e. The Labute approximate surface area is 211 Å². The van der Waals surface area contributed by atoms with E-state index >= 15 is 0 Å². The van der Waals surface area contributed by atoms with Crippen LogP contribution in [-0.4, -0.2) is 68.2 Å². The van der Waals surface area contributed by atoms with Gasteiger partial charge >= 0.3 is 0 Å². The fourth-order valence-corrected chi connectivity index (χ4v) is 4.64. The predicted molar refractivity (Wildman–Crippen MR) is 122 cm³/mol. The summed E-state index contributed by atoms with van der Waals surface area (Å²) in [5.74, 6) is 0.132. The summed E-state index contributed by atoms with van der Waals surface area (Å²) in [6.07, 6.45) is -5.32. The van der Waals surface area contributed by atoms with E-state index in [4.69, 9.17) is 32.8 Å². The van der Waals surface area contributed by atoms with E-state index < -0.39 is 37.3 Å². The maximum atomic E-state index is 13.0. The number of thiazole rings is 1. The van der Waals surface area contributed by atoms with Crippen molar-refractivity contribution in [3.05, 3.63) is 45.8 Å². The van der Waals surface area contributed by atoms with Crippen molar-refractivity contribution in [2.45, 2.75) is 37.6 Å². The highest BCUT2D eigenvalue weighted by Crippen LogP contribution is 2.31. The van der Waals surface area contributed by atoms with Crippen LogP contribution < -0.4 is 10.2 Å². The maximum Gasteiger partial charge on any atom is 0.293 e. The summed E-state index contributed by atoms with van der Waals surface area (Å²) in [5, 5.41) is 2.61. The number of rotatable bonds is 12. The average Bonchev–Trinajstić information content (AvgIpc) is 3.32. The van der Waals surface area contributed by atoms with Crippen LogP contribution in [0.25, 0.3) is 21.5 Å². The molecule has 1 aliphatic heterocycles. The molecule has 37 heavy (non-hydrogen) atoms. The van der Waals surface area contributed by atoms with Gasteiger partial charge in [0.05, 0.1) is 10.9 Å². The molecular formula is C23H19NO12S. The van der Waals surface area contributed by atoms with Crippen LogP contribution in [0.4, 0.5) is 0 Å². The van der Waals surface area contributed by atoms with Crippen molar-refractivity contribution >= 4 is 48.2 Å². The van der Waals surface area contributed by atoms with Gasteiger partial charge in [0.25, 0.3) is 25.9 Å². The molecule has 0 saturated carbocycles. The van der Waals surface area contributed by atoms with E-state index in [1.807, 2.05) is 12.3 Å². The van der Waals surface area contributed by atoms with E-state index in [0.29, 0.717) is 10.6 Å². The monoisotopic (exact) mass is 533 g/mol. The first-order valence-electron chi connectivity index (χ1n) is 10.6. The molecule has 2 aromatic heterocycles. The van der Waals surface area contributed by atoms with E-state index in [1.165, 1.54) is 35.8 Å². The molecule has 1 saturated heterocycles. The zero-order chi connectivity index (χ0) is 26.4. The smallest absolute Gasteiger partial charge is 0.293 e. The number of aryl methyl sites for hydroxylation is 1. The lowest BCUT2D eigenvalue weighted by molar-refractivity contribution is -0.282. The third kappa shape index (κ3) is 5.44. The molecule has 0 spiro atoms. The quantitative estimate of drug-likeness (QED) is 0.240. The number of ether oxygens (including phenoxy) is 6. The predicted octanol–water partition coefficient (Wildman–Crippen LogP) is 1.13. The summed E-state index contributed by atoms with van der Waals surface area (Å²) in [6, 6.07) is 4.34. The number of hydrogen-bond donors (Lipinski definition) is 0. The van der Waals surface area contributed by atoms with Gasteiger partial charge in [0.15, 0.2) is 12.2 Å². The van der Waals surface area contributed by atoms with Crippen LogP contribution in [0.3, 0.4) is 0 Å². The van der Waals surface area contributed by atoms with Crippen molar-refractivity contribution in [1.29, 1.82) is 0 Å². The Balaban J connectivity index is 1.65.